The van der Waals surface area contributed by atoms with Crippen LogP contribution in [0.15, 0.2) is 18.2 Å². The predicted molar refractivity (Wildman–Crippen MR) is 71.7 cm³/mol. The SMILES string of the molecule is CCOC(=O)COc1ccc(C(=O)CBr)cc1Cl. The number of rotatable bonds is 6. The van der Waals surface area contributed by atoms with Crippen molar-refractivity contribution in [2.24, 2.45) is 0 Å². The Morgan fingerprint density at radius 2 is 2.11 bits per heavy atom. The molecule has 4 nitrogen and oxygen atoms in total. The van der Waals surface area contributed by atoms with Gasteiger partial charge in [0.15, 0.2) is 12.4 Å². The first kappa shape index (κ1) is 15.0. The zero-order valence-corrected chi connectivity index (χ0v) is 12.1. The summed E-state index contributed by atoms with van der Waals surface area (Å²) in [6, 6.07) is 4.65. The smallest absolute Gasteiger partial charge is 0.344 e. The lowest BCUT2D eigenvalue weighted by Gasteiger charge is -2.08. The highest BCUT2D eigenvalue weighted by Crippen LogP contribution is 2.25. The van der Waals surface area contributed by atoms with E-state index < -0.39 is 5.97 Å². The average molecular weight is 336 g/mol. The van der Waals surface area contributed by atoms with Crippen LogP contribution in [-0.4, -0.2) is 30.3 Å². The van der Waals surface area contributed by atoms with Gasteiger partial charge in [-0.2, -0.15) is 0 Å². The molecule has 0 aromatic heterocycles. The number of carbonyl (C=O) groups is 2. The van der Waals surface area contributed by atoms with Crippen molar-refractivity contribution in [3.8, 4) is 5.75 Å². The third kappa shape index (κ3) is 4.31. The minimum Gasteiger partial charge on any atom is -0.480 e. The molecule has 0 radical (unpaired) electrons. The molecule has 0 unspecified atom stereocenters. The molecule has 0 fully saturated rings. The molecule has 1 aromatic rings. The summed E-state index contributed by atoms with van der Waals surface area (Å²) in [6.45, 7) is 1.81. The molecular formula is C12H12BrClO4. The Morgan fingerprint density at radius 1 is 1.39 bits per heavy atom. The highest BCUT2D eigenvalue weighted by atomic mass is 79.9. The van der Waals surface area contributed by atoms with Crippen molar-refractivity contribution in [1.29, 1.82) is 0 Å². The fourth-order valence-corrected chi connectivity index (χ4v) is 1.77. The molecule has 6 heteroatoms. The van der Waals surface area contributed by atoms with Crippen LogP contribution >= 0.6 is 27.5 Å². The Hall–Kier alpha value is -1.07. The van der Waals surface area contributed by atoms with Gasteiger partial charge in [-0.25, -0.2) is 4.79 Å². The maximum absolute atomic E-state index is 11.4. The van der Waals surface area contributed by atoms with Gasteiger partial charge in [0.2, 0.25) is 0 Å². The molecule has 98 valence electrons. The lowest BCUT2D eigenvalue weighted by atomic mass is 10.1. The number of halogens is 2. The van der Waals surface area contributed by atoms with Crippen LogP contribution in [0.3, 0.4) is 0 Å². The summed E-state index contributed by atoms with van der Waals surface area (Å²) in [5.74, 6) is -0.195. The van der Waals surface area contributed by atoms with E-state index in [4.69, 9.17) is 21.1 Å². The van der Waals surface area contributed by atoms with Crippen molar-refractivity contribution in [1.82, 2.24) is 0 Å². The zero-order chi connectivity index (χ0) is 13.5. The van der Waals surface area contributed by atoms with E-state index in [1.165, 1.54) is 6.07 Å². The van der Waals surface area contributed by atoms with Crippen molar-refractivity contribution in [2.75, 3.05) is 18.5 Å². The molecule has 1 rings (SSSR count). The van der Waals surface area contributed by atoms with Crippen LogP contribution in [0.2, 0.25) is 5.02 Å². The molecule has 0 atom stereocenters. The van der Waals surface area contributed by atoms with E-state index in [1.54, 1.807) is 19.1 Å². The van der Waals surface area contributed by atoms with Crippen LogP contribution in [0.4, 0.5) is 0 Å². The third-order valence-electron chi connectivity index (χ3n) is 2.03. The van der Waals surface area contributed by atoms with Crippen molar-refractivity contribution < 1.29 is 19.1 Å². The number of benzene rings is 1. The molecule has 0 heterocycles. The summed E-state index contributed by atoms with van der Waals surface area (Å²) in [7, 11) is 0. The number of hydrogen-bond acceptors (Lipinski definition) is 4. The maximum atomic E-state index is 11.4. The molecule has 0 N–H and O–H groups in total. The average Bonchev–Trinajstić information content (AvgIpc) is 2.36. The molecule has 0 aliphatic heterocycles. The van der Waals surface area contributed by atoms with Gasteiger partial charge in [-0.1, -0.05) is 27.5 Å². The van der Waals surface area contributed by atoms with Crippen LogP contribution in [0.25, 0.3) is 0 Å². The topological polar surface area (TPSA) is 52.6 Å². The summed E-state index contributed by atoms with van der Waals surface area (Å²) < 4.78 is 9.91. The second kappa shape index (κ2) is 7.38. The van der Waals surface area contributed by atoms with Crippen molar-refractivity contribution in [3.05, 3.63) is 28.8 Å². The highest BCUT2D eigenvalue weighted by Gasteiger charge is 2.10. The van der Waals surface area contributed by atoms with E-state index in [-0.39, 0.29) is 22.7 Å². The first-order valence-electron chi connectivity index (χ1n) is 5.25. The van der Waals surface area contributed by atoms with Gasteiger partial charge in [0.25, 0.3) is 0 Å². The number of ether oxygens (including phenoxy) is 2. The Kier molecular flexibility index (Phi) is 6.15. The molecule has 0 saturated heterocycles. The first-order chi connectivity index (χ1) is 8.58. The summed E-state index contributed by atoms with van der Waals surface area (Å²) in [5, 5.41) is 0.512. The van der Waals surface area contributed by atoms with E-state index >= 15 is 0 Å². The minimum absolute atomic E-state index is 0.0751. The summed E-state index contributed by atoms with van der Waals surface area (Å²) >= 11 is 9.02. The largest absolute Gasteiger partial charge is 0.480 e. The number of ketones is 1. The number of hydrogen-bond donors (Lipinski definition) is 0. The van der Waals surface area contributed by atoms with Gasteiger partial charge in [0.1, 0.15) is 5.75 Å². The van der Waals surface area contributed by atoms with Crippen molar-refractivity contribution >= 4 is 39.3 Å². The van der Waals surface area contributed by atoms with Crippen LogP contribution < -0.4 is 4.74 Å². The molecule has 0 aliphatic carbocycles. The lowest BCUT2D eigenvalue weighted by Crippen LogP contribution is -2.14. The molecule has 0 aliphatic rings. The molecule has 0 amide bonds. The normalized spacial score (nSPS) is 9.94. The lowest BCUT2D eigenvalue weighted by molar-refractivity contribution is -0.145. The number of esters is 1. The van der Waals surface area contributed by atoms with E-state index in [1.807, 2.05) is 0 Å². The van der Waals surface area contributed by atoms with Gasteiger partial charge in [-0.3, -0.25) is 4.79 Å². The van der Waals surface area contributed by atoms with Crippen LogP contribution in [-0.2, 0) is 9.53 Å². The predicted octanol–water partition coefficient (Wildman–Crippen LogP) is 2.86. The van der Waals surface area contributed by atoms with Crippen LogP contribution in [0.1, 0.15) is 17.3 Å². The molecule has 1 aromatic carbocycles. The Balaban J connectivity index is 2.68. The molecule has 0 spiro atoms. The van der Waals surface area contributed by atoms with Crippen molar-refractivity contribution in [3.63, 3.8) is 0 Å². The third-order valence-corrected chi connectivity index (χ3v) is 2.83. The molecule has 18 heavy (non-hydrogen) atoms. The monoisotopic (exact) mass is 334 g/mol. The number of carbonyl (C=O) groups excluding carboxylic acids is 2. The summed E-state index contributed by atoms with van der Waals surface area (Å²) in [4.78, 5) is 22.5. The van der Waals surface area contributed by atoms with Gasteiger partial charge >= 0.3 is 5.97 Å². The number of alkyl halides is 1. The fourth-order valence-electron chi connectivity index (χ4n) is 1.21. The van der Waals surface area contributed by atoms with Gasteiger partial charge in [-0.05, 0) is 25.1 Å². The van der Waals surface area contributed by atoms with Gasteiger partial charge < -0.3 is 9.47 Å². The van der Waals surface area contributed by atoms with Crippen LogP contribution in [0.5, 0.6) is 5.75 Å². The quantitative estimate of drug-likeness (QED) is 0.456. The van der Waals surface area contributed by atoms with Crippen molar-refractivity contribution in [2.45, 2.75) is 6.92 Å². The summed E-state index contributed by atoms with van der Waals surface area (Å²) in [6.07, 6.45) is 0. The van der Waals surface area contributed by atoms with Crippen LogP contribution in [0, 0.1) is 0 Å². The Bertz CT molecular complexity index is 448. The molecule has 0 saturated carbocycles. The Morgan fingerprint density at radius 3 is 2.67 bits per heavy atom. The summed E-state index contributed by atoms with van der Waals surface area (Å²) in [5.41, 5.74) is 0.486. The van der Waals surface area contributed by atoms with Gasteiger partial charge in [0.05, 0.1) is 17.0 Å². The second-order valence-corrected chi connectivity index (χ2v) is 4.26. The highest BCUT2D eigenvalue weighted by molar-refractivity contribution is 9.09. The molecule has 0 bridgehead atoms. The van der Waals surface area contributed by atoms with E-state index in [9.17, 15) is 9.59 Å². The Labute approximate surface area is 118 Å². The second-order valence-electron chi connectivity index (χ2n) is 3.30. The molecular weight excluding hydrogens is 323 g/mol. The number of Topliss-reactive ketones (excluding diaryl/α,β-unsaturated/α-hetero) is 1. The maximum Gasteiger partial charge on any atom is 0.344 e. The van der Waals surface area contributed by atoms with Gasteiger partial charge in [0, 0.05) is 5.56 Å². The van der Waals surface area contributed by atoms with E-state index in [0.717, 1.165) is 0 Å². The fraction of sp³-hybridized carbons (Fsp3) is 0.333. The standard InChI is InChI=1S/C12H12BrClO4/c1-2-17-12(16)7-18-11-4-3-8(5-9(11)14)10(15)6-13/h3-5H,2,6-7H2,1H3. The zero-order valence-electron chi connectivity index (χ0n) is 9.74. The van der Waals surface area contributed by atoms with E-state index in [2.05, 4.69) is 15.9 Å². The van der Waals surface area contributed by atoms with E-state index in [0.29, 0.717) is 17.9 Å². The first-order valence-corrected chi connectivity index (χ1v) is 6.75. The van der Waals surface area contributed by atoms with Gasteiger partial charge in [-0.15, -0.1) is 0 Å². The minimum atomic E-state index is -0.464.